The average molecular weight is 271 g/mol. The van der Waals surface area contributed by atoms with Crippen LogP contribution in [0.5, 0.6) is 0 Å². The molecule has 5 heteroatoms. The van der Waals surface area contributed by atoms with Gasteiger partial charge in [-0.1, -0.05) is 6.07 Å². The number of rotatable bonds is 4. The van der Waals surface area contributed by atoms with Crippen LogP contribution in [-0.4, -0.2) is 22.4 Å². The average Bonchev–Trinajstić information content (AvgIpc) is 3.09. The van der Waals surface area contributed by atoms with Crippen molar-refractivity contribution in [2.75, 3.05) is 5.32 Å². The van der Waals surface area contributed by atoms with Crippen molar-refractivity contribution in [2.45, 2.75) is 32.4 Å². The number of nitrogens with zero attached hydrogens (tertiary/aromatic N) is 1. The van der Waals surface area contributed by atoms with E-state index in [2.05, 4.69) is 10.6 Å². The highest BCUT2D eigenvalue weighted by molar-refractivity contribution is 6.01. The largest absolute Gasteiger partial charge is 0.352 e. The van der Waals surface area contributed by atoms with Crippen LogP contribution in [0.3, 0.4) is 0 Å². The quantitative estimate of drug-likeness (QED) is 0.891. The van der Waals surface area contributed by atoms with Gasteiger partial charge in [0.1, 0.15) is 6.54 Å². The summed E-state index contributed by atoms with van der Waals surface area (Å²) in [5, 5.41) is 6.72. The van der Waals surface area contributed by atoms with Crippen LogP contribution < -0.4 is 10.6 Å². The van der Waals surface area contributed by atoms with E-state index in [9.17, 15) is 9.59 Å². The number of hydrogen-bond acceptors (Lipinski definition) is 2. The number of hydrogen-bond donors (Lipinski definition) is 2. The fourth-order valence-corrected chi connectivity index (χ4v) is 2.32. The maximum absolute atomic E-state index is 11.9. The smallest absolute Gasteiger partial charge is 0.240 e. The maximum atomic E-state index is 11.9. The summed E-state index contributed by atoms with van der Waals surface area (Å²) in [6.07, 6.45) is 4.05. The van der Waals surface area contributed by atoms with Crippen LogP contribution in [-0.2, 0) is 16.1 Å². The first-order chi connectivity index (χ1) is 9.63. The van der Waals surface area contributed by atoms with E-state index >= 15 is 0 Å². The van der Waals surface area contributed by atoms with Gasteiger partial charge in [-0.2, -0.15) is 0 Å². The molecule has 1 heterocycles. The molecule has 104 valence electrons. The Morgan fingerprint density at radius 1 is 1.30 bits per heavy atom. The summed E-state index contributed by atoms with van der Waals surface area (Å²) in [6.45, 7) is 1.79. The SMILES string of the molecule is CC(=O)Nc1cccc2c1ccn2CC(=O)NC1CC1. The molecule has 3 rings (SSSR count). The van der Waals surface area contributed by atoms with E-state index in [1.165, 1.54) is 6.92 Å². The molecule has 20 heavy (non-hydrogen) atoms. The zero-order valence-electron chi connectivity index (χ0n) is 11.3. The van der Waals surface area contributed by atoms with Gasteiger partial charge in [-0.25, -0.2) is 0 Å². The van der Waals surface area contributed by atoms with E-state index in [4.69, 9.17) is 0 Å². The Kier molecular flexibility index (Phi) is 3.18. The fraction of sp³-hybridized carbons (Fsp3) is 0.333. The number of amides is 2. The molecule has 0 saturated heterocycles. The minimum atomic E-state index is -0.100. The minimum Gasteiger partial charge on any atom is -0.352 e. The van der Waals surface area contributed by atoms with Crippen molar-refractivity contribution < 1.29 is 9.59 Å². The zero-order chi connectivity index (χ0) is 14.1. The van der Waals surface area contributed by atoms with Crippen LogP contribution in [0.15, 0.2) is 30.5 Å². The fourth-order valence-electron chi connectivity index (χ4n) is 2.32. The molecular weight excluding hydrogens is 254 g/mol. The molecule has 1 saturated carbocycles. The summed E-state index contributed by atoms with van der Waals surface area (Å²) in [6, 6.07) is 7.98. The van der Waals surface area contributed by atoms with Crippen LogP contribution in [0.25, 0.3) is 10.9 Å². The van der Waals surface area contributed by atoms with Crippen molar-refractivity contribution in [3.05, 3.63) is 30.5 Å². The van der Waals surface area contributed by atoms with Gasteiger partial charge in [0.05, 0.1) is 11.2 Å². The summed E-state index contributed by atoms with van der Waals surface area (Å²) in [5.74, 6) is -0.0633. The zero-order valence-corrected chi connectivity index (χ0v) is 11.3. The standard InChI is InChI=1S/C15H17N3O2/c1-10(19)16-13-3-2-4-14-12(13)7-8-18(14)9-15(20)17-11-5-6-11/h2-4,7-8,11H,5-6,9H2,1H3,(H,16,19)(H,17,20). The van der Waals surface area contributed by atoms with Crippen LogP contribution >= 0.6 is 0 Å². The van der Waals surface area contributed by atoms with Crippen molar-refractivity contribution in [1.29, 1.82) is 0 Å². The van der Waals surface area contributed by atoms with Gasteiger partial charge < -0.3 is 15.2 Å². The van der Waals surface area contributed by atoms with E-state index in [0.29, 0.717) is 12.6 Å². The van der Waals surface area contributed by atoms with E-state index in [1.807, 2.05) is 35.0 Å². The first-order valence-electron chi connectivity index (χ1n) is 6.78. The second kappa shape index (κ2) is 5.00. The van der Waals surface area contributed by atoms with E-state index < -0.39 is 0 Å². The molecule has 0 aliphatic heterocycles. The third-order valence-electron chi connectivity index (χ3n) is 3.38. The predicted octanol–water partition coefficient (Wildman–Crippen LogP) is 1.88. The highest BCUT2D eigenvalue weighted by Gasteiger charge is 2.23. The Morgan fingerprint density at radius 3 is 2.80 bits per heavy atom. The number of fused-ring (bicyclic) bond motifs is 1. The highest BCUT2D eigenvalue weighted by Crippen LogP contribution is 2.25. The summed E-state index contributed by atoms with van der Waals surface area (Å²) in [5.41, 5.74) is 1.72. The van der Waals surface area contributed by atoms with Gasteiger partial charge in [0, 0.05) is 24.5 Å². The molecule has 1 fully saturated rings. The summed E-state index contributed by atoms with van der Waals surface area (Å²) >= 11 is 0. The molecule has 0 unspecified atom stereocenters. The lowest BCUT2D eigenvalue weighted by molar-refractivity contribution is -0.121. The topological polar surface area (TPSA) is 63.1 Å². The van der Waals surface area contributed by atoms with E-state index in [-0.39, 0.29) is 11.8 Å². The molecule has 0 atom stereocenters. The number of benzene rings is 1. The molecule has 0 radical (unpaired) electrons. The van der Waals surface area contributed by atoms with Crippen molar-refractivity contribution in [1.82, 2.24) is 9.88 Å². The number of aromatic nitrogens is 1. The van der Waals surface area contributed by atoms with E-state index in [1.54, 1.807) is 0 Å². The number of carbonyl (C=O) groups is 2. The molecule has 1 aromatic heterocycles. The molecule has 2 amide bonds. The molecule has 2 N–H and O–H groups in total. The molecular formula is C15H17N3O2. The van der Waals surface area contributed by atoms with Crippen molar-refractivity contribution >= 4 is 28.4 Å². The maximum Gasteiger partial charge on any atom is 0.240 e. The van der Waals surface area contributed by atoms with Gasteiger partial charge in [-0.05, 0) is 31.0 Å². The molecule has 1 aliphatic carbocycles. The Hall–Kier alpha value is -2.30. The van der Waals surface area contributed by atoms with Gasteiger partial charge in [-0.15, -0.1) is 0 Å². The number of anilines is 1. The van der Waals surface area contributed by atoms with Crippen molar-refractivity contribution in [3.8, 4) is 0 Å². The molecule has 0 spiro atoms. The van der Waals surface area contributed by atoms with Gasteiger partial charge in [0.25, 0.3) is 0 Å². The first-order valence-corrected chi connectivity index (χ1v) is 6.78. The van der Waals surface area contributed by atoms with Crippen molar-refractivity contribution in [3.63, 3.8) is 0 Å². The van der Waals surface area contributed by atoms with Crippen LogP contribution in [0.2, 0.25) is 0 Å². The summed E-state index contributed by atoms with van der Waals surface area (Å²) in [7, 11) is 0. The molecule has 0 bridgehead atoms. The lowest BCUT2D eigenvalue weighted by Crippen LogP contribution is -2.29. The van der Waals surface area contributed by atoms with Crippen molar-refractivity contribution in [2.24, 2.45) is 0 Å². The molecule has 5 nitrogen and oxygen atoms in total. The lowest BCUT2D eigenvalue weighted by Gasteiger charge is -2.08. The summed E-state index contributed by atoms with van der Waals surface area (Å²) < 4.78 is 1.90. The molecule has 2 aromatic rings. The second-order valence-electron chi connectivity index (χ2n) is 5.20. The number of carbonyl (C=O) groups excluding carboxylic acids is 2. The predicted molar refractivity (Wildman–Crippen MR) is 77.4 cm³/mol. The Morgan fingerprint density at radius 2 is 2.10 bits per heavy atom. The molecule has 1 aromatic carbocycles. The number of nitrogens with one attached hydrogen (secondary N) is 2. The highest BCUT2D eigenvalue weighted by atomic mass is 16.2. The van der Waals surface area contributed by atoms with Gasteiger partial charge >= 0.3 is 0 Å². The van der Waals surface area contributed by atoms with Gasteiger partial charge in [-0.3, -0.25) is 9.59 Å². The van der Waals surface area contributed by atoms with Gasteiger partial charge in [0.15, 0.2) is 0 Å². The molecule has 1 aliphatic rings. The Balaban J connectivity index is 1.84. The Bertz CT molecular complexity index is 671. The minimum absolute atomic E-state index is 0.0370. The normalized spacial score (nSPS) is 14.2. The second-order valence-corrected chi connectivity index (χ2v) is 5.20. The third-order valence-corrected chi connectivity index (χ3v) is 3.38. The first kappa shape index (κ1) is 12.7. The summed E-state index contributed by atoms with van der Waals surface area (Å²) in [4.78, 5) is 23.1. The monoisotopic (exact) mass is 271 g/mol. The van der Waals surface area contributed by atoms with Crippen LogP contribution in [0.1, 0.15) is 19.8 Å². The van der Waals surface area contributed by atoms with Gasteiger partial charge in [0.2, 0.25) is 11.8 Å². The van der Waals surface area contributed by atoms with Crippen LogP contribution in [0.4, 0.5) is 5.69 Å². The van der Waals surface area contributed by atoms with Crippen LogP contribution in [0, 0.1) is 0 Å². The third kappa shape index (κ3) is 2.66. The Labute approximate surface area is 117 Å². The lowest BCUT2D eigenvalue weighted by atomic mass is 10.2. The van der Waals surface area contributed by atoms with E-state index in [0.717, 1.165) is 29.4 Å².